The molecule has 8 heteroatoms. The maximum absolute atomic E-state index is 12.9. The summed E-state index contributed by atoms with van der Waals surface area (Å²) in [5.41, 5.74) is 2.46. The summed E-state index contributed by atoms with van der Waals surface area (Å²) in [7, 11) is 3.34. The molecule has 1 aliphatic carbocycles. The molecule has 0 amide bonds. The molecule has 1 saturated carbocycles. The van der Waals surface area contributed by atoms with E-state index in [4.69, 9.17) is 19.3 Å². The van der Waals surface area contributed by atoms with Crippen molar-refractivity contribution < 1.29 is 33.7 Å². The van der Waals surface area contributed by atoms with Crippen molar-refractivity contribution in [3.63, 3.8) is 0 Å². The molecular formula is C37H45NO7. The third-order valence-electron chi connectivity index (χ3n) is 8.60. The molecule has 2 fully saturated rings. The first-order chi connectivity index (χ1) is 21.9. The van der Waals surface area contributed by atoms with E-state index in [0.717, 1.165) is 63.5 Å². The summed E-state index contributed by atoms with van der Waals surface area (Å²) in [5.74, 6) is -0.629. The molecule has 3 aromatic carbocycles. The Kier molecular flexibility index (Phi) is 13.0. The Morgan fingerprint density at radius 3 is 2.18 bits per heavy atom. The number of methoxy groups -OCH3 is 1. The van der Waals surface area contributed by atoms with E-state index in [2.05, 4.69) is 17.0 Å². The minimum Gasteiger partial charge on any atom is -0.478 e. The van der Waals surface area contributed by atoms with Crippen LogP contribution < -0.4 is 4.74 Å². The van der Waals surface area contributed by atoms with E-state index in [1.807, 2.05) is 49.5 Å². The first kappa shape index (κ1) is 33.7. The Morgan fingerprint density at radius 2 is 1.53 bits per heavy atom. The van der Waals surface area contributed by atoms with Gasteiger partial charge >= 0.3 is 17.9 Å². The maximum Gasteiger partial charge on any atom is 0.345 e. The topological polar surface area (TPSA) is 102 Å². The number of ether oxygens (including phenoxy) is 3. The van der Waals surface area contributed by atoms with Crippen molar-refractivity contribution >= 4 is 17.9 Å². The van der Waals surface area contributed by atoms with E-state index < -0.39 is 24.1 Å². The Labute approximate surface area is 266 Å². The lowest BCUT2D eigenvalue weighted by Crippen LogP contribution is -2.43. The standard InChI is InChI=1S/C24H29NO4.C13H16O3/c1-25-16-7-6-13-21(25)24(27)29-22(15-14-18-9-4-3-5-10-18)19-11-8-12-20(17-19)23(26)28-2;14-13(15)12(10-6-4-5-7-10)16-11-8-2-1-3-9-11/h3-5,8-12,17,21-22H,6-7,13-16H2,1-2H3;1-3,8-10,12H,4-7H2,(H,14,15)/t21-,22?;/m0./s1. The quantitative estimate of drug-likeness (QED) is 0.233. The van der Waals surface area contributed by atoms with Gasteiger partial charge < -0.3 is 19.3 Å². The molecule has 0 spiro atoms. The fraction of sp³-hybridized carbons (Fsp3) is 0.432. The second-order valence-corrected chi connectivity index (χ2v) is 11.8. The maximum atomic E-state index is 12.9. The minimum absolute atomic E-state index is 0.165. The highest BCUT2D eigenvalue weighted by molar-refractivity contribution is 5.89. The van der Waals surface area contributed by atoms with Crippen molar-refractivity contribution in [3.8, 4) is 5.75 Å². The number of nitrogens with zero attached hydrogens (tertiary/aromatic N) is 1. The Balaban J connectivity index is 0.000000242. The number of piperidine rings is 1. The number of para-hydroxylation sites is 1. The highest BCUT2D eigenvalue weighted by Crippen LogP contribution is 2.30. The lowest BCUT2D eigenvalue weighted by atomic mass is 9.99. The summed E-state index contributed by atoms with van der Waals surface area (Å²) in [4.78, 5) is 38.1. The molecular weight excluding hydrogens is 570 g/mol. The number of esters is 2. The average Bonchev–Trinajstić information content (AvgIpc) is 3.61. The highest BCUT2D eigenvalue weighted by atomic mass is 16.5. The van der Waals surface area contributed by atoms with Gasteiger partial charge in [-0.3, -0.25) is 9.69 Å². The van der Waals surface area contributed by atoms with Gasteiger partial charge in [-0.15, -0.1) is 0 Å². The summed E-state index contributed by atoms with van der Waals surface area (Å²) in [6.07, 6.45) is 7.46. The minimum atomic E-state index is -0.851. The number of carbonyl (C=O) groups is 3. The van der Waals surface area contributed by atoms with Crippen molar-refractivity contribution in [2.45, 2.75) is 76.0 Å². The zero-order chi connectivity index (χ0) is 32.0. The van der Waals surface area contributed by atoms with Gasteiger partial charge in [0, 0.05) is 5.92 Å². The lowest BCUT2D eigenvalue weighted by Gasteiger charge is -2.32. The summed E-state index contributed by atoms with van der Waals surface area (Å²) in [6, 6.07) is 26.3. The average molecular weight is 616 g/mol. The molecule has 1 saturated heterocycles. The van der Waals surface area contributed by atoms with Crippen molar-refractivity contribution in [2.24, 2.45) is 5.92 Å². The van der Waals surface area contributed by atoms with Crippen LogP contribution in [0.15, 0.2) is 84.9 Å². The molecule has 1 N–H and O–H groups in total. The van der Waals surface area contributed by atoms with Gasteiger partial charge in [-0.25, -0.2) is 9.59 Å². The number of aliphatic carboxylic acids is 1. The predicted molar refractivity (Wildman–Crippen MR) is 172 cm³/mol. The molecule has 2 unspecified atom stereocenters. The van der Waals surface area contributed by atoms with Crippen LogP contribution in [-0.4, -0.2) is 60.8 Å². The van der Waals surface area contributed by atoms with Crippen molar-refractivity contribution in [1.29, 1.82) is 0 Å². The number of likely N-dealkylation sites (tertiary alicyclic amines) is 1. The van der Waals surface area contributed by atoms with Crippen molar-refractivity contribution in [2.75, 3.05) is 20.7 Å². The smallest absolute Gasteiger partial charge is 0.345 e. The van der Waals surface area contributed by atoms with Gasteiger partial charge in [0.1, 0.15) is 17.9 Å². The molecule has 0 radical (unpaired) electrons. The summed E-state index contributed by atoms with van der Waals surface area (Å²) in [5, 5.41) is 9.17. The van der Waals surface area contributed by atoms with Gasteiger partial charge in [0.25, 0.3) is 0 Å². The summed E-state index contributed by atoms with van der Waals surface area (Å²) >= 11 is 0. The normalized spacial score (nSPS) is 18.1. The Morgan fingerprint density at radius 1 is 0.867 bits per heavy atom. The van der Waals surface area contributed by atoms with E-state index >= 15 is 0 Å². The zero-order valence-corrected chi connectivity index (χ0v) is 26.3. The molecule has 3 atom stereocenters. The van der Waals surface area contributed by atoms with Crippen molar-refractivity contribution in [1.82, 2.24) is 4.90 Å². The van der Waals surface area contributed by atoms with Gasteiger partial charge in [0.2, 0.25) is 0 Å². The van der Waals surface area contributed by atoms with Crippen LogP contribution in [0, 0.1) is 5.92 Å². The predicted octanol–water partition coefficient (Wildman–Crippen LogP) is 6.88. The lowest BCUT2D eigenvalue weighted by molar-refractivity contribution is -0.157. The third kappa shape index (κ3) is 10.2. The molecule has 8 nitrogen and oxygen atoms in total. The number of aryl methyl sites for hydroxylation is 1. The van der Waals surface area contributed by atoms with E-state index in [-0.39, 0.29) is 17.9 Å². The second kappa shape index (κ2) is 17.4. The molecule has 2 aliphatic rings. The van der Waals surface area contributed by atoms with Gasteiger partial charge in [-0.1, -0.05) is 79.9 Å². The van der Waals surface area contributed by atoms with E-state index in [9.17, 15) is 14.4 Å². The van der Waals surface area contributed by atoms with Crippen molar-refractivity contribution in [3.05, 3.63) is 102 Å². The monoisotopic (exact) mass is 615 g/mol. The van der Waals surface area contributed by atoms with Gasteiger partial charge in [0.05, 0.1) is 12.7 Å². The Bertz CT molecular complexity index is 1360. The van der Waals surface area contributed by atoms with Gasteiger partial charge in [-0.2, -0.15) is 0 Å². The molecule has 5 rings (SSSR count). The second-order valence-electron chi connectivity index (χ2n) is 11.8. The van der Waals surface area contributed by atoms with Crippen LogP contribution in [0.3, 0.4) is 0 Å². The van der Waals surface area contributed by atoms with Crippen LogP contribution >= 0.6 is 0 Å². The van der Waals surface area contributed by atoms with Crippen LogP contribution in [0.4, 0.5) is 0 Å². The van der Waals surface area contributed by atoms with E-state index in [1.54, 1.807) is 30.3 Å². The van der Waals surface area contributed by atoms with Gasteiger partial charge in [0.15, 0.2) is 6.10 Å². The molecule has 1 heterocycles. The molecule has 45 heavy (non-hydrogen) atoms. The number of carbonyl (C=O) groups excluding carboxylic acids is 2. The van der Waals surface area contributed by atoms with Crippen LogP contribution in [0.5, 0.6) is 5.75 Å². The summed E-state index contributed by atoms with van der Waals surface area (Å²) in [6.45, 7) is 0.909. The highest BCUT2D eigenvalue weighted by Gasteiger charge is 2.32. The van der Waals surface area contributed by atoms with Crippen LogP contribution in [0.25, 0.3) is 0 Å². The molecule has 1 aliphatic heterocycles. The van der Waals surface area contributed by atoms with Crippen LogP contribution in [-0.2, 0) is 25.5 Å². The van der Waals surface area contributed by atoms with E-state index in [1.165, 1.54) is 12.7 Å². The number of hydrogen-bond acceptors (Lipinski definition) is 7. The summed E-state index contributed by atoms with van der Waals surface area (Å²) < 4.78 is 16.4. The number of carboxylic acid groups (broad SMARTS) is 1. The number of likely N-dealkylation sites (N-methyl/N-ethyl adjacent to an activating group) is 1. The number of hydrogen-bond donors (Lipinski definition) is 1. The fourth-order valence-corrected chi connectivity index (χ4v) is 6.07. The molecule has 0 aromatic heterocycles. The van der Waals surface area contributed by atoms with Gasteiger partial charge in [-0.05, 0) is 87.5 Å². The number of benzene rings is 3. The number of carboxylic acids is 1. The number of rotatable bonds is 11. The first-order valence-electron chi connectivity index (χ1n) is 15.9. The fourth-order valence-electron chi connectivity index (χ4n) is 6.07. The van der Waals surface area contributed by atoms with Crippen LogP contribution in [0.1, 0.15) is 79.0 Å². The zero-order valence-electron chi connectivity index (χ0n) is 26.3. The molecule has 0 bridgehead atoms. The first-order valence-corrected chi connectivity index (χ1v) is 15.9. The third-order valence-corrected chi connectivity index (χ3v) is 8.60. The van der Waals surface area contributed by atoms with E-state index in [0.29, 0.717) is 17.7 Å². The molecule has 3 aromatic rings. The molecule has 240 valence electrons. The largest absolute Gasteiger partial charge is 0.478 e. The van der Waals surface area contributed by atoms with Crippen LogP contribution in [0.2, 0.25) is 0 Å². The SMILES string of the molecule is COC(=O)c1cccc(C(CCc2ccccc2)OC(=O)[C@@H]2CCCCN2C)c1.O=C(O)C(Oc1ccccc1)C1CCCC1. The Hall–Kier alpha value is -4.17.